The number of aryl methyl sites for hydroxylation is 2. The maximum atomic E-state index is 12.5. The second-order valence-electron chi connectivity index (χ2n) is 6.72. The van der Waals surface area contributed by atoms with Crippen molar-refractivity contribution < 1.29 is 13.2 Å². The minimum atomic E-state index is -3.74. The van der Waals surface area contributed by atoms with E-state index in [0.717, 1.165) is 16.7 Å². The lowest BCUT2D eigenvalue weighted by Gasteiger charge is -2.12. The maximum absolute atomic E-state index is 12.5. The van der Waals surface area contributed by atoms with Gasteiger partial charge in [0, 0.05) is 6.54 Å². The highest BCUT2D eigenvalue weighted by atomic mass is 35.5. The molecular formula is C22H21ClN2O3S. The van der Waals surface area contributed by atoms with Crippen LogP contribution in [0.5, 0.6) is 0 Å². The summed E-state index contributed by atoms with van der Waals surface area (Å²) in [6.45, 7) is 4.24. The van der Waals surface area contributed by atoms with E-state index in [2.05, 4.69) is 10.0 Å². The molecule has 3 aromatic carbocycles. The van der Waals surface area contributed by atoms with Gasteiger partial charge in [0.1, 0.15) is 0 Å². The molecule has 0 aliphatic rings. The summed E-state index contributed by atoms with van der Waals surface area (Å²) in [5.74, 6) is -0.328. The highest BCUT2D eigenvalue weighted by Gasteiger charge is 2.16. The molecule has 0 atom stereocenters. The third-order valence-corrected chi connectivity index (χ3v) is 6.21. The van der Waals surface area contributed by atoms with E-state index in [9.17, 15) is 13.2 Å². The van der Waals surface area contributed by atoms with Gasteiger partial charge in [-0.25, -0.2) is 8.42 Å². The number of hydrogen-bond donors (Lipinski definition) is 2. The van der Waals surface area contributed by atoms with Crippen molar-refractivity contribution in [2.45, 2.75) is 25.3 Å². The third kappa shape index (κ3) is 5.16. The van der Waals surface area contributed by atoms with E-state index >= 15 is 0 Å². The van der Waals surface area contributed by atoms with Gasteiger partial charge in [-0.05, 0) is 55.3 Å². The van der Waals surface area contributed by atoms with Gasteiger partial charge in [0.25, 0.3) is 15.9 Å². The van der Waals surface area contributed by atoms with Crippen molar-refractivity contribution in [2.75, 3.05) is 4.72 Å². The molecule has 7 heteroatoms. The lowest BCUT2D eigenvalue weighted by molar-refractivity contribution is 0.0951. The number of carbonyl (C=O) groups excluding carboxylic acids is 1. The van der Waals surface area contributed by atoms with Gasteiger partial charge >= 0.3 is 0 Å². The van der Waals surface area contributed by atoms with Crippen LogP contribution in [0.2, 0.25) is 5.02 Å². The van der Waals surface area contributed by atoms with Crippen molar-refractivity contribution in [2.24, 2.45) is 0 Å². The molecule has 0 saturated heterocycles. The van der Waals surface area contributed by atoms with Crippen molar-refractivity contribution in [3.63, 3.8) is 0 Å². The Morgan fingerprint density at radius 3 is 2.31 bits per heavy atom. The number of hydrogen-bond acceptors (Lipinski definition) is 3. The van der Waals surface area contributed by atoms with E-state index in [0.29, 0.717) is 6.54 Å². The minimum absolute atomic E-state index is 0.152. The predicted molar refractivity (Wildman–Crippen MR) is 116 cm³/mol. The zero-order valence-electron chi connectivity index (χ0n) is 16.1. The van der Waals surface area contributed by atoms with Gasteiger partial charge in [-0.2, -0.15) is 0 Å². The standard InChI is InChI=1S/C22H21ClN2O3S/c1-15-7-10-19(11-8-15)29(27,28)25-18-9-12-20(21(23)13-18)22(26)24-14-17-6-4-3-5-16(17)2/h3-13,25H,14H2,1-2H3,(H,24,26). The van der Waals surface area contributed by atoms with Crippen LogP contribution in [0.25, 0.3) is 0 Å². The number of halogens is 1. The van der Waals surface area contributed by atoms with E-state index in [1.807, 2.05) is 38.1 Å². The smallest absolute Gasteiger partial charge is 0.261 e. The summed E-state index contributed by atoms with van der Waals surface area (Å²) < 4.78 is 27.5. The first kappa shape index (κ1) is 20.9. The molecule has 0 radical (unpaired) electrons. The van der Waals surface area contributed by atoms with Crippen LogP contribution >= 0.6 is 11.6 Å². The average Bonchev–Trinajstić information content (AvgIpc) is 2.67. The second-order valence-corrected chi connectivity index (χ2v) is 8.81. The van der Waals surface area contributed by atoms with Crippen LogP contribution in [0.4, 0.5) is 5.69 Å². The number of amides is 1. The number of nitrogens with one attached hydrogen (secondary N) is 2. The Balaban J connectivity index is 1.72. The van der Waals surface area contributed by atoms with Crippen LogP contribution in [-0.2, 0) is 16.6 Å². The van der Waals surface area contributed by atoms with Gasteiger partial charge in [-0.1, -0.05) is 53.6 Å². The molecule has 3 aromatic rings. The van der Waals surface area contributed by atoms with E-state index in [4.69, 9.17) is 11.6 Å². The molecule has 0 fully saturated rings. The van der Waals surface area contributed by atoms with Gasteiger partial charge in [-0.15, -0.1) is 0 Å². The van der Waals surface area contributed by atoms with Gasteiger partial charge in [0.2, 0.25) is 0 Å². The maximum Gasteiger partial charge on any atom is 0.261 e. The molecule has 0 saturated carbocycles. The molecule has 0 aromatic heterocycles. The van der Waals surface area contributed by atoms with E-state index in [1.54, 1.807) is 12.1 Å². The minimum Gasteiger partial charge on any atom is -0.348 e. The van der Waals surface area contributed by atoms with Gasteiger partial charge in [0.05, 0.1) is 21.2 Å². The molecule has 1 amide bonds. The Morgan fingerprint density at radius 2 is 1.66 bits per heavy atom. The predicted octanol–water partition coefficient (Wildman–Crippen LogP) is 4.69. The normalized spacial score (nSPS) is 11.1. The van der Waals surface area contributed by atoms with Crippen LogP contribution < -0.4 is 10.0 Å². The van der Waals surface area contributed by atoms with Crippen molar-refractivity contribution in [3.05, 3.63) is 94.0 Å². The molecule has 150 valence electrons. The molecule has 0 unspecified atom stereocenters. The largest absolute Gasteiger partial charge is 0.348 e. The summed E-state index contributed by atoms with van der Waals surface area (Å²) in [6, 6.07) is 18.7. The molecule has 5 nitrogen and oxygen atoms in total. The molecule has 3 rings (SSSR count). The zero-order chi connectivity index (χ0) is 21.0. The van der Waals surface area contributed by atoms with Crippen LogP contribution in [0.1, 0.15) is 27.0 Å². The second kappa shape index (κ2) is 8.68. The number of benzene rings is 3. The molecule has 0 aliphatic heterocycles. The molecule has 0 bridgehead atoms. The fraction of sp³-hybridized carbons (Fsp3) is 0.136. The van der Waals surface area contributed by atoms with Gasteiger partial charge < -0.3 is 5.32 Å². The quantitative estimate of drug-likeness (QED) is 0.598. The average molecular weight is 429 g/mol. The first-order valence-corrected chi connectivity index (χ1v) is 10.8. The van der Waals surface area contributed by atoms with Crippen molar-refractivity contribution in [3.8, 4) is 0 Å². The van der Waals surface area contributed by atoms with Crippen molar-refractivity contribution in [1.82, 2.24) is 5.32 Å². The van der Waals surface area contributed by atoms with Crippen LogP contribution in [0, 0.1) is 13.8 Å². The molecule has 0 heterocycles. The Bertz CT molecular complexity index is 1140. The monoisotopic (exact) mass is 428 g/mol. The Labute approximate surface area is 175 Å². The Hall–Kier alpha value is -2.83. The van der Waals surface area contributed by atoms with E-state index in [1.165, 1.54) is 30.3 Å². The number of carbonyl (C=O) groups is 1. The number of sulfonamides is 1. The fourth-order valence-corrected chi connectivity index (χ4v) is 4.09. The molecule has 0 spiro atoms. The first-order chi connectivity index (χ1) is 13.8. The highest BCUT2D eigenvalue weighted by molar-refractivity contribution is 7.92. The summed E-state index contributed by atoms with van der Waals surface area (Å²) in [4.78, 5) is 12.6. The summed E-state index contributed by atoms with van der Waals surface area (Å²) in [5.41, 5.74) is 3.62. The first-order valence-electron chi connectivity index (χ1n) is 8.98. The summed E-state index contributed by atoms with van der Waals surface area (Å²) >= 11 is 6.24. The van der Waals surface area contributed by atoms with Crippen molar-refractivity contribution in [1.29, 1.82) is 0 Å². The van der Waals surface area contributed by atoms with Crippen LogP contribution in [0.15, 0.2) is 71.6 Å². The number of rotatable bonds is 6. The van der Waals surface area contributed by atoms with Crippen LogP contribution in [-0.4, -0.2) is 14.3 Å². The SMILES string of the molecule is Cc1ccc(S(=O)(=O)Nc2ccc(C(=O)NCc3ccccc3C)c(Cl)c2)cc1. The van der Waals surface area contributed by atoms with Crippen LogP contribution in [0.3, 0.4) is 0 Å². The van der Waals surface area contributed by atoms with E-state index in [-0.39, 0.29) is 27.1 Å². The summed E-state index contributed by atoms with van der Waals surface area (Å²) in [7, 11) is -3.74. The molecule has 0 aliphatic carbocycles. The Kier molecular flexibility index (Phi) is 6.25. The van der Waals surface area contributed by atoms with Gasteiger partial charge in [0.15, 0.2) is 0 Å². The third-order valence-electron chi connectivity index (χ3n) is 4.50. The molecule has 29 heavy (non-hydrogen) atoms. The zero-order valence-corrected chi connectivity index (χ0v) is 17.6. The molecule has 2 N–H and O–H groups in total. The summed E-state index contributed by atoms with van der Waals surface area (Å²) in [5, 5.41) is 3.00. The fourth-order valence-electron chi connectivity index (χ4n) is 2.77. The highest BCUT2D eigenvalue weighted by Crippen LogP contribution is 2.23. The lowest BCUT2D eigenvalue weighted by Crippen LogP contribution is -2.23. The topological polar surface area (TPSA) is 75.3 Å². The Morgan fingerprint density at radius 1 is 0.966 bits per heavy atom. The van der Waals surface area contributed by atoms with E-state index < -0.39 is 10.0 Å². The molecular weight excluding hydrogens is 408 g/mol. The van der Waals surface area contributed by atoms with Crippen molar-refractivity contribution >= 4 is 33.2 Å². The lowest BCUT2D eigenvalue weighted by atomic mass is 10.1. The van der Waals surface area contributed by atoms with Gasteiger partial charge in [-0.3, -0.25) is 9.52 Å². The summed E-state index contributed by atoms with van der Waals surface area (Å²) in [6.07, 6.45) is 0. The number of anilines is 1.